The lowest BCUT2D eigenvalue weighted by Gasteiger charge is -2.14. The highest BCUT2D eigenvalue weighted by Crippen LogP contribution is 2.21. The zero-order chi connectivity index (χ0) is 14.5. The predicted octanol–water partition coefficient (Wildman–Crippen LogP) is 1.78. The summed E-state index contributed by atoms with van der Waals surface area (Å²) in [4.78, 5) is 14.5. The molecule has 2 rings (SSSR count). The zero-order valence-corrected chi connectivity index (χ0v) is 12.6. The molecule has 1 aliphatic rings. The SMILES string of the molecule is O=C(CCCSc1ccc(Cl)cc1)N1CC(O)C(O)C1. The highest BCUT2D eigenvalue weighted by molar-refractivity contribution is 7.99. The molecular formula is C14H18ClNO3S. The van der Waals surface area contributed by atoms with E-state index in [1.165, 1.54) is 4.90 Å². The molecule has 1 fully saturated rings. The number of β-amino-alcohol motifs (C(OH)–C–C–N with tert-alkyl or cyclic N) is 2. The second-order valence-corrected chi connectivity index (χ2v) is 6.44. The Hall–Kier alpha value is -0.750. The van der Waals surface area contributed by atoms with E-state index in [-0.39, 0.29) is 19.0 Å². The molecule has 1 aromatic rings. The van der Waals surface area contributed by atoms with Gasteiger partial charge in [-0.3, -0.25) is 4.79 Å². The molecule has 2 N–H and O–H groups in total. The maximum absolute atomic E-state index is 11.9. The monoisotopic (exact) mass is 315 g/mol. The summed E-state index contributed by atoms with van der Waals surface area (Å²) in [7, 11) is 0. The first-order valence-electron chi connectivity index (χ1n) is 6.58. The summed E-state index contributed by atoms with van der Waals surface area (Å²) in [6.07, 6.45) is -0.390. The minimum Gasteiger partial charge on any atom is -0.388 e. The van der Waals surface area contributed by atoms with Gasteiger partial charge in [0.15, 0.2) is 0 Å². The Morgan fingerprint density at radius 3 is 2.45 bits per heavy atom. The van der Waals surface area contributed by atoms with Gasteiger partial charge in [0.05, 0.1) is 12.2 Å². The van der Waals surface area contributed by atoms with Crippen LogP contribution in [0.25, 0.3) is 0 Å². The first kappa shape index (κ1) is 15.6. The summed E-state index contributed by atoms with van der Waals surface area (Å²) in [6.45, 7) is 0.481. The molecule has 0 spiro atoms. The number of carbonyl (C=O) groups excluding carboxylic acids is 1. The van der Waals surface area contributed by atoms with Crippen LogP contribution >= 0.6 is 23.4 Å². The average molecular weight is 316 g/mol. The van der Waals surface area contributed by atoms with E-state index in [0.717, 1.165) is 22.1 Å². The van der Waals surface area contributed by atoms with Crippen molar-refractivity contribution in [3.05, 3.63) is 29.3 Å². The van der Waals surface area contributed by atoms with Crippen LogP contribution in [0.15, 0.2) is 29.2 Å². The van der Waals surface area contributed by atoms with Crippen molar-refractivity contribution in [3.8, 4) is 0 Å². The maximum Gasteiger partial charge on any atom is 0.222 e. The van der Waals surface area contributed by atoms with Gasteiger partial charge in [0.1, 0.15) is 0 Å². The Kier molecular flexibility index (Phi) is 5.72. The number of rotatable bonds is 5. The summed E-state index contributed by atoms with van der Waals surface area (Å²) in [5, 5.41) is 19.5. The fourth-order valence-electron chi connectivity index (χ4n) is 2.08. The second-order valence-electron chi connectivity index (χ2n) is 4.84. The number of aliphatic hydroxyl groups excluding tert-OH is 2. The standard InChI is InChI=1S/C14H18ClNO3S/c15-10-3-5-11(6-4-10)20-7-1-2-14(19)16-8-12(17)13(18)9-16/h3-6,12-13,17-18H,1-2,7-9H2. The van der Waals surface area contributed by atoms with Crippen molar-refractivity contribution in [3.63, 3.8) is 0 Å². The molecule has 6 heteroatoms. The van der Waals surface area contributed by atoms with Crippen LogP contribution in [0.1, 0.15) is 12.8 Å². The normalized spacial score (nSPS) is 22.2. The van der Waals surface area contributed by atoms with Crippen molar-refractivity contribution in [1.82, 2.24) is 4.90 Å². The van der Waals surface area contributed by atoms with E-state index in [2.05, 4.69) is 0 Å². The molecule has 110 valence electrons. The zero-order valence-electron chi connectivity index (χ0n) is 11.0. The maximum atomic E-state index is 11.9. The molecule has 2 atom stereocenters. The smallest absolute Gasteiger partial charge is 0.222 e. The Morgan fingerprint density at radius 1 is 1.25 bits per heavy atom. The minimum absolute atomic E-state index is 0.00249. The van der Waals surface area contributed by atoms with Gasteiger partial charge in [-0.05, 0) is 36.4 Å². The number of hydrogen-bond donors (Lipinski definition) is 2. The Labute approximate surface area is 127 Å². The van der Waals surface area contributed by atoms with Gasteiger partial charge in [0.2, 0.25) is 5.91 Å². The number of aliphatic hydroxyl groups is 2. The Balaban J connectivity index is 1.66. The predicted molar refractivity (Wildman–Crippen MR) is 80.0 cm³/mol. The lowest BCUT2D eigenvalue weighted by Crippen LogP contribution is -2.29. The molecule has 0 radical (unpaired) electrons. The number of nitrogens with zero attached hydrogens (tertiary/aromatic N) is 1. The van der Waals surface area contributed by atoms with Gasteiger partial charge in [-0.1, -0.05) is 11.6 Å². The van der Waals surface area contributed by atoms with Crippen LogP contribution in [0.5, 0.6) is 0 Å². The quantitative estimate of drug-likeness (QED) is 0.642. The first-order chi connectivity index (χ1) is 9.56. The van der Waals surface area contributed by atoms with Gasteiger partial charge in [0, 0.05) is 29.4 Å². The molecular weight excluding hydrogens is 298 g/mol. The number of carbonyl (C=O) groups is 1. The summed E-state index contributed by atoms with van der Waals surface area (Å²) >= 11 is 7.50. The van der Waals surface area contributed by atoms with Gasteiger partial charge in [0.25, 0.3) is 0 Å². The lowest BCUT2D eigenvalue weighted by atomic mass is 10.3. The molecule has 1 amide bonds. The van der Waals surface area contributed by atoms with Crippen molar-refractivity contribution in [2.24, 2.45) is 0 Å². The van der Waals surface area contributed by atoms with Crippen LogP contribution in [-0.4, -0.2) is 52.1 Å². The summed E-state index contributed by atoms with van der Waals surface area (Å²) in [5.74, 6) is 0.851. The van der Waals surface area contributed by atoms with Crippen LogP contribution in [0.4, 0.5) is 0 Å². The molecule has 1 aliphatic heterocycles. The molecule has 1 aromatic carbocycles. The number of hydrogen-bond acceptors (Lipinski definition) is 4. The lowest BCUT2D eigenvalue weighted by molar-refractivity contribution is -0.130. The van der Waals surface area contributed by atoms with E-state index in [9.17, 15) is 15.0 Å². The molecule has 20 heavy (non-hydrogen) atoms. The van der Waals surface area contributed by atoms with Crippen LogP contribution in [-0.2, 0) is 4.79 Å². The molecule has 0 saturated carbocycles. The number of thioether (sulfide) groups is 1. The molecule has 2 unspecified atom stereocenters. The topological polar surface area (TPSA) is 60.8 Å². The van der Waals surface area contributed by atoms with Crippen LogP contribution < -0.4 is 0 Å². The summed E-state index contributed by atoms with van der Waals surface area (Å²) < 4.78 is 0. The van der Waals surface area contributed by atoms with Crippen molar-refractivity contribution < 1.29 is 15.0 Å². The average Bonchev–Trinajstić information content (AvgIpc) is 2.77. The van der Waals surface area contributed by atoms with Gasteiger partial charge >= 0.3 is 0 Å². The van der Waals surface area contributed by atoms with Gasteiger partial charge in [-0.15, -0.1) is 11.8 Å². The van der Waals surface area contributed by atoms with Crippen LogP contribution in [0.2, 0.25) is 5.02 Å². The molecule has 1 heterocycles. The minimum atomic E-state index is -0.803. The number of amides is 1. The van der Waals surface area contributed by atoms with Gasteiger partial charge in [-0.25, -0.2) is 0 Å². The van der Waals surface area contributed by atoms with Crippen molar-refractivity contribution in [2.75, 3.05) is 18.8 Å². The van der Waals surface area contributed by atoms with Crippen molar-refractivity contribution in [2.45, 2.75) is 29.9 Å². The third-order valence-electron chi connectivity index (χ3n) is 3.23. The fraction of sp³-hybridized carbons (Fsp3) is 0.500. The second kappa shape index (κ2) is 7.31. The largest absolute Gasteiger partial charge is 0.388 e. The molecule has 0 bridgehead atoms. The first-order valence-corrected chi connectivity index (χ1v) is 7.95. The summed E-state index contributed by atoms with van der Waals surface area (Å²) in [6, 6.07) is 7.62. The number of benzene rings is 1. The van der Waals surface area contributed by atoms with Gasteiger partial charge < -0.3 is 15.1 Å². The van der Waals surface area contributed by atoms with Crippen LogP contribution in [0, 0.1) is 0 Å². The van der Waals surface area contributed by atoms with E-state index in [1.54, 1.807) is 11.8 Å². The van der Waals surface area contributed by atoms with Crippen molar-refractivity contribution in [1.29, 1.82) is 0 Å². The molecule has 4 nitrogen and oxygen atoms in total. The van der Waals surface area contributed by atoms with E-state index < -0.39 is 12.2 Å². The van der Waals surface area contributed by atoms with Crippen molar-refractivity contribution >= 4 is 29.3 Å². The van der Waals surface area contributed by atoms with Gasteiger partial charge in [-0.2, -0.15) is 0 Å². The highest BCUT2D eigenvalue weighted by Gasteiger charge is 2.31. The van der Waals surface area contributed by atoms with E-state index >= 15 is 0 Å². The molecule has 0 aliphatic carbocycles. The van der Waals surface area contributed by atoms with E-state index in [1.807, 2.05) is 24.3 Å². The van der Waals surface area contributed by atoms with E-state index in [0.29, 0.717) is 6.42 Å². The summed E-state index contributed by atoms with van der Waals surface area (Å²) in [5.41, 5.74) is 0. The Morgan fingerprint density at radius 2 is 1.85 bits per heavy atom. The molecule has 1 saturated heterocycles. The highest BCUT2D eigenvalue weighted by atomic mass is 35.5. The number of halogens is 1. The third kappa shape index (κ3) is 4.38. The Bertz CT molecular complexity index is 444. The van der Waals surface area contributed by atoms with Crippen LogP contribution in [0.3, 0.4) is 0 Å². The third-order valence-corrected chi connectivity index (χ3v) is 4.58. The van der Waals surface area contributed by atoms with E-state index in [4.69, 9.17) is 11.6 Å². The fourth-order valence-corrected chi connectivity index (χ4v) is 3.05. The molecule has 0 aromatic heterocycles. The number of likely N-dealkylation sites (tertiary alicyclic amines) is 1.